The lowest BCUT2D eigenvalue weighted by Gasteiger charge is -2.30. The Bertz CT molecular complexity index is 557. The maximum absolute atomic E-state index is 4.60. The van der Waals surface area contributed by atoms with E-state index in [-0.39, 0.29) is 0 Å². The van der Waals surface area contributed by atoms with Gasteiger partial charge in [-0.25, -0.2) is 4.98 Å². The van der Waals surface area contributed by atoms with E-state index in [2.05, 4.69) is 60.7 Å². The molecular formula is C13H17BrN4. The molecule has 2 aromatic rings. The summed E-state index contributed by atoms with van der Waals surface area (Å²) in [7, 11) is 0. The van der Waals surface area contributed by atoms with Gasteiger partial charge in [0.05, 0.1) is 5.52 Å². The second-order valence-corrected chi connectivity index (χ2v) is 5.27. The summed E-state index contributed by atoms with van der Waals surface area (Å²) in [5.41, 5.74) is 1.16. The molecule has 1 N–H and O–H groups in total. The zero-order valence-electron chi connectivity index (χ0n) is 10.5. The maximum Gasteiger partial charge on any atom is 0.132 e. The van der Waals surface area contributed by atoms with E-state index in [4.69, 9.17) is 0 Å². The lowest BCUT2D eigenvalue weighted by atomic mass is 10.3. The molecule has 1 aliphatic rings. The third-order valence-corrected chi connectivity index (χ3v) is 4.01. The van der Waals surface area contributed by atoms with Crippen molar-refractivity contribution in [3.8, 4) is 0 Å². The predicted octanol–water partition coefficient (Wildman–Crippen LogP) is 2.07. The van der Waals surface area contributed by atoms with Gasteiger partial charge in [0.25, 0.3) is 0 Å². The van der Waals surface area contributed by atoms with Gasteiger partial charge in [-0.1, -0.05) is 13.0 Å². The van der Waals surface area contributed by atoms with Crippen LogP contribution in [0.15, 0.2) is 22.8 Å². The highest BCUT2D eigenvalue weighted by Crippen LogP contribution is 2.25. The highest BCUT2D eigenvalue weighted by Gasteiger charge is 2.16. The summed E-state index contributed by atoms with van der Waals surface area (Å²) < 4.78 is 3.21. The van der Waals surface area contributed by atoms with Crippen LogP contribution in [-0.4, -0.2) is 35.6 Å². The smallest absolute Gasteiger partial charge is 0.132 e. The van der Waals surface area contributed by atoms with E-state index in [0.29, 0.717) is 0 Å². The van der Waals surface area contributed by atoms with Crippen molar-refractivity contribution in [1.82, 2.24) is 14.7 Å². The van der Waals surface area contributed by atoms with Crippen molar-refractivity contribution >= 4 is 27.3 Å². The van der Waals surface area contributed by atoms with E-state index in [1.165, 1.54) is 5.82 Å². The third-order valence-electron chi connectivity index (χ3n) is 3.42. The molecule has 1 aliphatic heterocycles. The SMILES string of the molecule is CCc1nc(Br)c2cccc(N3CCNCC3)n12. The van der Waals surface area contributed by atoms with Gasteiger partial charge < -0.3 is 10.2 Å². The average molecular weight is 309 g/mol. The Hall–Kier alpha value is -1.07. The summed E-state index contributed by atoms with van der Waals surface area (Å²) in [4.78, 5) is 7.03. The molecule has 0 bridgehead atoms. The second-order valence-electron chi connectivity index (χ2n) is 4.51. The number of hydrogen-bond donors (Lipinski definition) is 1. The van der Waals surface area contributed by atoms with E-state index in [1.54, 1.807) is 0 Å². The lowest BCUT2D eigenvalue weighted by Crippen LogP contribution is -2.44. The van der Waals surface area contributed by atoms with Gasteiger partial charge in [0.1, 0.15) is 16.2 Å². The molecule has 96 valence electrons. The Morgan fingerprint density at radius 3 is 2.83 bits per heavy atom. The Balaban J connectivity index is 2.15. The van der Waals surface area contributed by atoms with E-state index >= 15 is 0 Å². The van der Waals surface area contributed by atoms with Gasteiger partial charge >= 0.3 is 0 Å². The lowest BCUT2D eigenvalue weighted by molar-refractivity contribution is 0.582. The molecule has 0 atom stereocenters. The van der Waals surface area contributed by atoms with Gasteiger partial charge in [-0.15, -0.1) is 0 Å². The fourth-order valence-electron chi connectivity index (χ4n) is 2.53. The van der Waals surface area contributed by atoms with Crippen molar-refractivity contribution in [2.45, 2.75) is 13.3 Å². The Kier molecular flexibility index (Phi) is 3.26. The third kappa shape index (κ3) is 1.91. The number of piperazine rings is 1. The largest absolute Gasteiger partial charge is 0.355 e. The minimum absolute atomic E-state index is 0.940. The van der Waals surface area contributed by atoms with Crippen molar-refractivity contribution in [2.75, 3.05) is 31.1 Å². The molecule has 0 aliphatic carbocycles. The van der Waals surface area contributed by atoms with Gasteiger partial charge in [-0.05, 0) is 28.1 Å². The van der Waals surface area contributed by atoms with Crippen LogP contribution in [0.1, 0.15) is 12.7 Å². The summed E-state index contributed by atoms with van der Waals surface area (Å²) in [5.74, 6) is 2.37. The Labute approximate surface area is 115 Å². The minimum atomic E-state index is 0.940. The van der Waals surface area contributed by atoms with Crippen LogP contribution in [0.3, 0.4) is 0 Å². The van der Waals surface area contributed by atoms with E-state index < -0.39 is 0 Å². The number of nitrogens with zero attached hydrogens (tertiary/aromatic N) is 3. The van der Waals surface area contributed by atoms with Crippen LogP contribution >= 0.6 is 15.9 Å². The number of pyridine rings is 1. The van der Waals surface area contributed by atoms with E-state index in [9.17, 15) is 0 Å². The van der Waals surface area contributed by atoms with Crippen LogP contribution in [-0.2, 0) is 6.42 Å². The van der Waals surface area contributed by atoms with Crippen LogP contribution in [0.2, 0.25) is 0 Å². The molecule has 5 heteroatoms. The molecule has 0 unspecified atom stereocenters. The Morgan fingerprint density at radius 1 is 1.33 bits per heavy atom. The van der Waals surface area contributed by atoms with Gasteiger partial charge in [0, 0.05) is 32.6 Å². The van der Waals surface area contributed by atoms with E-state index in [0.717, 1.165) is 48.5 Å². The van der Waals surface area contributed by atoms with Crippen molar-refractivity contribution in [1.29, 1.82) is 0 Å². The molecule has 1 saturated heterocycles. The molecule has 0 spiro atoms. The molecular weight excluding hydrogens is 292 g/mol. The average Bonchev–Trinajstić information content (AvgIpc) is 2.77. The number of halogens is 1. The molecule has 3 heterocycles. The number of rotatable bonds is 2. The van der Waals surface area contributed by atoms with Crippen LogP contribution in [0, 0.1) is 0 Å². The number of nitrogens with one attached hydrogen (secondary N) is 1. The summed E-state index contributed by atoms with van der Waals surface area (Å²) in [6.07, 6.45) is 0.940. The molecule has 0 amide bonds. The van der Waals surface area contributed by atoms with Crippen LogP contribution < -0.4 is 10.2 Å². The first-order valence-electron chi connectivity index (χ1n) is 6.42. The quantitative estimate of drug-likeness (QED) is 0.922. The molecule has 3 rings (SSSR count). The first kappa shape index (κ1) is 12.0. The molecule has 18 heavy (non-hydrogen) atoms. The highest BCUT2D eigenvalue weighted by molar-refractivity contribution is 9.10. The molecule has 2 aromatic heterocycles. The number of aromatic nitrogens is 2. The molecule has 4 nitrogen and oxygen atoms in total. The number of anilines is 1. The summed E-state index contributed by atoms with van der Waals surface area (Å²) in [6, 6.07) is 6.41. The van der Waals surface area contributed by atoms with Crippen molar-refractivity contribution < 1.29 is 0 Å². The second kappa shape index (κ2) is 4.90. The number of fused-ring (bicyclic) bond motifs is 1. The monoisotopic (exact) mass is 308 g/mol. The molecule has 0 saturated carbocycles. The van der Waals surface area contributed by atoms with E-state index in [1.807, 2.05) is 0 Å². The number of imidazole rings is 1. The standard InChI is InChI=1S/C13H17BrN4/c1-2-11-16-13(14)10-4-3-5-12(18(10)11)17-8-6-15-7-9-17/h3-5,15H,2,6-9H2,1H3. The van der Waals surface area contributed by atoms with Gasteiger partial charge in [-0.3, -0.25) is 4.40 Å². The topological polar surface area (TPSA) is 32.6 Å². The van der Waals surface area contributed by atoms with Crippen molar-refractivity contribution in [3.63, 3.8) is 0 Å². The predicted molar refractivity (Wildman–Crippen MR) is 77.4 cm³/mol. The molecule has 0 aromatic carbocycles. The Morgan fingerprint density at radius 2 is 2.11 bits per heavy atom. The number of hydrogen-bond acceptors (Lipinski definition) is 3. The van der Waals surface area contributed by atoms with Crippen LogP contribution in [0.5, 0.6) is 0 Å². The normalized spacial score (nSPS) is 16.4. The summed E-state index contributed by atoms with van der Waals surface area (Å²) in [5, 5.41) is 3.39. The van der Waals surface area contributed by atoms with Crippen molar-refractivity contribution in [3.05, 3.63) is 28.6 Å². The zero-order chi connectivity index (χ0) is 12.5. The summed E-state index contributed by atoms with van der Waals surface area (Å²) in [6.45, 7) is 6.35. The molecule has 0 radical (unpaired) electrons. The maximum atomic E-state index is 4.60. The van der Waals surface area contributed by atoms with Gasteiger partial charge in [0.2, 0.25) is 0 Å². The number of aryl methyl sites for hydroxylation is 1. The first-order chi connectivity index (χ1) is 8.81. The van der Waals surface area contributed by atoms with Crippen LogP contribution in [0.25, 0.3) is 5.52 Å². The fourth-order valence-corrected chi connectivity index (χ4v) is 3.04. The van der Waals surface area contributed by atoms with Crippen LogP contribution in [0.4, 0.5) is 5.82 Å². The van der Waals surface area contributed by atoms with Gasteiger partial charge in [0.15, 0.2) is 0 Å². The highest BCUT2D eigenvalue weighted by atomic mass is 79.9. The van der Waals surface area contributed by atoms with Gasteiger partial charge in [-0.2, -0.15) is 0 Å². The molecule has 1 fully saturated rings. The first-order valence-corrected chi connectivity index (χ1v) is 7.22. The summed E-state index contributed by atoms with van der Waals surface area (Å²) >= 11 is 3.55. The fraction of sp³-hybridized carbons (Fsp3) is 0.462. The van der Waals surface area contributed by atoms with Crippen molar-refractivity contribution in [2.24, 2.45) is 0 Å². The zero-order valence-corrected chi connectivity index (χ0v) is 12.1. The minimum Gasteiger partial charge on any atom is -0.355 e.